The van der Waals surface area contributed by atoms with Crippen LogP contribution in [0.5, 0.6) is 0 Å². The van der Waals surface area contributed by atoms with Gasteiger partial charge < -0.3 is 4.57 Å². The predicted octanol–water partition coefficient (Wildman–Crippen LogP) is 4.86. The number of nitrogens with zero attached hydrogens (tertiary/aromatic N) is 2. The summed E-state index contributed by atoms with van der Waals surface area (Å²) in [5.41, 5.74) is 2.05. The number of hydrogen-bond donors (Lipinski definition) is 0. The van der Waals surface area contributed by atoms with Gasteiger partial charge in [0, 0.05) is 12.6 Å². The lowest BCUT2D eigenvalue weighted by molar-refractivity contribution is 0.619. The smallest absolute Gasteiger partial charge is 0.139 e. The number of rotatable bonds is 3. The molecule has 1 heterocycles. The van der Waals surface area contributed by atoms with Crippen LogP contribution in [0, 0.1) is 11.6 Å². The first-order valence-electron chi connectivity index (χ1n) is 6.23. The fourth-order valence-electron chi connectivity index (χ4n) is 2.27. The maximum Gasteiger partial charge on any atom is 0.139 e. The van der Waals surface area contributed by atoms with Crippen molar-refractivity contribution in [3.05, 3.63) is 63.9 Å². The van der Waals surface area contributed by atoms with E-state index in [-0.39, 0.29) is 17.5 Å². The third kappa shape index (κ3) is 2.80. The second-order valence-corrected chi connectivity index (χ2v) is 5.75. The molecular weight excluding hydrogens is 362 g/mol. The molecular formula is C15H10BrClF2N2. The van der Waals surface area contributed by atoms with E-state index >= 15 is 0 Å². The summed E-state index contributed by atoms with van der Waals surface area (Å²) in [5, 5.41) is 0. The van der Waals surface area contributed by atoms with Crippen molar-refractivity contribution in [3.63, 3.8) is 0 Å². The largest absolute Gasteiger partial charge is 0.322 e. The fraction of sp³-hybridized carbons (Fsp3) is 0.133. The lowest BCUT2D eigenvalue weighted by Gasteiger charge is -2.08. The Kier molecular flexibility index (Phi) is 3.95. The van der Waals surface area contributed by atoms with Crippen molar-refractivity contribution >= 4 is 38.6 Å². The summed E-state index contributed by atoms with van der Waals surface area (Å²) >= 11 is 9.06. The Morgan fingerprint density at radius 1 is 1.19 bits per heavy atom. The number of hydrogen-bond acceptors (Lipinski definition) is 1. The van der Waals surface area contributed by atoms with E-state index in [0.717, 1.165) is 5.56 Å². The maximum absolute atomic E-state index is 13.8. The maximum atomic E-state index is 13.8. The van der Waals surface area contributed by atoms with Crippen molar-refractivity contribution in [1.29, 1.82) is 0 Å². The summed E-state index contributed by atoms with van der Waals surface area (Å²) in [6.45, 7) is 0.386. The molecule has 108 valence electrons. The van der Waals surface area contributed by atoms with Gasteiger partial charge in [0.15, 0.2) is 0 Å². The van der Waals surface area contributed by atoms with Crippen molar-refractivity contribution in [1.82, 2.24) is 9.55 Å². The molecule has 3 aromatic rings. The highest BCUT2D eigenvalue weighted by Gasteiger charge is 2.13. The molecule has 0 amide bonds. The van der Waals surface area contributed by atoms with Gasteiger partial charge in [0.1, 0.15) is 17.5 Å². The fourth-order valence-corrected chi connectivity index (χ4v) is 2.80. The number of imidazole rings is 1. The molecule has 0 atom stereocenters. The van der Waals surface area contributed by atoms with Crippen LogP contribution in [0.4, 0.5) is 8.78 Å². The van der Waals surface area contributed by atoms with Crippen LogP contribution < -0.4 is 0 Å². The highest BCUT2D eigenvalue weighted by Crippen LogP contribution is 2.25. The summed E-state index contributed by atoms with van der Waals surface area (Å²) in [7, 11) is 0. The molecule has 0 radical (unpaired) electrons. The first kappa shape index (κ1) is 14.5. The summed E-state index contributed by atoms with van der Waals surface area (Å²) in [4.78, 5) is 4.39. The molecule has 1 aromatic heterocycles. The first-order chi connectivity index (χ1) is 10.1. The van der Waals surface area contributed by atoms with E-state index < -0.39 is 0 Å². The number of halogens is 4. The van der Waals surface area contributed by atoms with Crippen LogP contribution in [0.25, 0.3) is 11.0 Å². The van der Waals surface area contributed by atoms with Gasteiger partial charge in [-0.15, -0.1) is 11.6 Å². The standard InChI is InChI=1S/C15H10BrClF2N2/c16-11-5-13-14(6-12(11)19)21(15(7-17)20-13)8-9-2-1-3-10(18)4-9/h1-6H,7-8H2. The van der Waals surface area contributed by atoms with E-state index in [1.807, 2.05) is 6.07 Å². The lowest BCUT2D eigenvalue weighted by atomic mass is 10.2. The number of alkyl halides is 1. The van der Waals surface area contributed by atoms with Crippen LogP contribution in [0.3, 0.4) is 0 Å². The molecule has 0 spiro atoms. The summed E-state index contributed by atoms with van der Waals surface area (Å²) < 4.78 is 29.2. The molecule has 0 fully saturated rings. The molecule has 3 rings (SSSR count). The Hall–Kier alpha value is -1.46. The average Bonchev–Trinajstić information content (AvgIpc) is 2.77. The van der Waals surface area contributed by atoms with E-state index in [0.29, 0.717) is 27.9 Å². The van der Waals surface area contributed by atoms with Gasteiger partial charge in [0.2, 0.25) is 0 Å². The van der Waals surface area contributed by atoms with Crippen molar-refractivity contribution in [2.75, 3.05) is 0 Å². The van der Waals surface area contributed by atoms with Crippen molar-refractivity contribution in [3.8, 4) is 0 Å². The number of aromatic nitrogens is 2. The van der Waals surface area contributed by atoms with Gasteiger partial charge in [-0.1, -0.05) is 12.1 Å². The molecule has 6 heteroatoms. The minimum absolute atomic E-state index is 0.198. The molecule has 21 heavy (non-hydrogen) atoms. The van der Waals surface area contributed by atoms with Crippen molar-refractivity contribution in [2.45, 2.75) is 12.4 Å². The Bertz CT molecular complexity index is 817. The van der Waals surface area contributed by atoms with Crippen LogP contribution in [0.1, 0.15) is 11.4 Å². The van der Waals surface area contributed by atoms with Gasteiger partial charge in [-0.25, -0.2) is 13.8 Å². The molecule has 0 N–H and O–H groups in total. The molecule has 0 aliphatic heterocycles. The van der Waals surface area contributed by atoms with Gasteiger partial charge in [-0.3, -0.25) is 0 Å². The molecule has 0 bridgehead atoms. The number of benzene rings is 2. The molecule has 0 aliphatic rings. The zero-order chi connectivity index (χ0) is 15.0. The zero-order valence-corrected chi connectivity index (χ0v) is 13.1. The van der Waals surface area contributed by atoms with E-state index in [9.17, 15) is 8.78 Å². The Morgan fingerprint density at radius 3 is 2.71 bits per heavy atom. The Morgan fingerprint density at radius 2 is 2.00 bits per heavy atom. The average molecular weight is 372 g/mol. The van der Waals surface area contributed by atoms with Gasteiger partial charge in [-0.05, 0) is 39.7 Å². The van der Waals surface area contributed by atoms with Crippen LogP contribution in [-0.4, -0.2) is 9.55 Å². The highest BCUT2D eigenvalue weighted by atomic mass is 79.9. The first-order valence-corrected chi connectivity index (χ1v) is 7.56. The van der Waals surface area contributed by atoms with E-state index in [1.165, 1.54) is 18.2 Å². The second-order valence-electron chi connectivity index (χ2n) is 4.63. The third-order valence-corrected chi connectivity index (χ3v) is 4.07. The molecule has 2 aromatic carbocycles. The Labute approximate surface area is 133 Å². The van der Waals surface area contributed by atoms with Crippen LogP contribution in [0.15, 0.2) is 40.9 Å². The van der Waals surface area contributed by atoms with Gasteiger partial charge in [-0.2, -0.15) is 0 Å². The minimum atomic E-state index is -0.371. The summed E-state index contributed by atoms with van der Waals surface area (Å²) in [6, 6.07) is 9.29. The van der Waals surface area contributed by atoms with Gasteiger partial charge >= 0.3 is 0 Å². The highest BCUT2D eigenvalue weighted by molar-refractivity contribution is 9.10. The number of fused-ring (bicyclic) bond motifs is 1. The summed E-state index contributed by atoms with van der Waals surface area (Å²) in [5.74, 6) is 0.138. The zero-order valence-electron chi connectivity index (χ0n) is 10.8. The van der Waals surface area contributed by atoms with E-state index in [1.54, 1.807) is 16.7 Å². The molecule has 0 saturated carbocycles. The van der Waals surface area contributed by atoms with Crippen LogP contribution >= 0.6 is 27.5 Å². The topological polar surface area (TPSA) is 17.8 Å². The quantitative estimate of drug-likeness (QED) is 0.601. The molecule has 2 nitrogen and oxygen atoms in total. The van der Waals surface area contributed by atoms with Crippen LogP contribution in [0.2, 0.25) is 0 Å². The molecule has 0 aliphatic carbocycles. The third-order valence-electron chi connectivity index (χ3n) is 3.22. The SMILES string of the molecule is Fc1cccc(Cn2c(CCl)nc3cc(Br)c(F)cc32)c1. The van der Waals surface area contributed by atoms with Gasteiger partial charge in [0.05, 0.1) is 21.4 Å². The van der Waals surface area contributed by atoms with Gasteiger partial charge in [0.25, 0.3) is 0 Å². The van der Waals surface area contributed by atoms with E-state index in [4.69, 9.17) is 11.6 Å². The Balaban J connectivity index is 2.14. The van der Waals surface area contributed by atoms with Crippen molar-refractivity contribution in [2.24, 2.45) is 0 Å². The molecule has 0 unspecified atom stereocenters. The predicted molar refractivity (Wildman–Crippen MR) is 82.5 cm³/mol. The second kappa shape index (κ2) is 5.73. The van der Waals surface area contributed by atoms with Crippen molar-refractivity contribution < 1.29 is 8.78 Å². The minimum Gasteiger partial charge on any atom is -0.322 e. The summed E-state index contributed by atoms with van der Waals surface area (Å²) in [6.07, 6.45) is 0. The van der Waals surface area contributed by atoms with Crippen LogP contribution in [-0.2, 0) is 12.4 Å². The molecule has 0 saturated heterocycles. The lowest BCUT2D eigenvalue weighted by Crippen LogP contribution is -2.04. The normalized spacial score (nSPS) is 11.2. The monoisotopic (exact) mass is 370 g/mol. The van der Waals surface area contributed by atoms with E-state index in [2.05, 4.69) is 20.9 Å².